The van der Waals surface area contributed by atoms with Gasteiger partial charge in [-0.3, -0.25) is 9.59 Å². The van der Waals surface area contributed by atoms with Crippen LogP contribution in [0.5, 0.6) is 0 Å². The molecule has 1 fully saturated rings. The highest BCUT2D eigenvalue weighted by Gasteiger charge is 2.22. The van der Waals surface area contributed by atoms with Gasteiger partial charge in [-0.1, -0.05) is 19.3 Å². The Morgan fingerprint density at radius 3 is 2.70 bits per heavy atom. The second-order valence-electron chi connectivity index (χ2n) is 5.59. The third-order valence-electron chi connectivity index (χ3n) is 4.00. The molecule has 1 aliphatic rings. The molecular formula is C15H21BrN2O2. The van der Waals surface area contributed by atoms with Crippen LogP contribution >= 0.6 is 15.9 Å². The molecule has 1 heterocycles. The maximum absolute atomic E-state index is 12.3. The number of amides is 1. The van der Waals surface area contributed by atoms with Gasteiger partial charge in [-0.2, -0.15) is 0 Å². The van der Waals surface area contributed by atoms with Gasteiger partial charge in [0, 0.05) is 19.3 Å². The van der Waals surface area contributed by atoms with Crippen molar-refractivity contribution >= 4 is 21.8 Å². The maximum Gasteiger partial charge on any atom is 0.265 e. The smallest absolute Gasteiger partial charge is 0.265 e. The minimum atomic E-state index is -0.152. The van der Waals surface area contributed by atoms with Gasteiger partial charge in [0.2, 0.25) is 5.91 Å². The van der Waals surface area contributed by atoms with Crippen molar-refractivity contribution in [3.63, 3.8) is 0 Å². The summed E-state index contributed by atoms with van der Waals surface area (Å²) < 4.78 is 1.99. The van der Waals surface area contributed by atoms with Crippen molar-refractivity contribution in [3.05, 3.63) is 32.7 Å². The van der Waals surface area contributed by atoms with Crippen LogP contribution in [0.3, 0.4) is 0 Å². The van der Waals surface area contributed by atoms with E-state index >= 15 is 0 Å². The first kappa shape index (κ1) is 15.3. The van der Waals surface area contributed by atoms with Gasteiger partial charge in [0.15, 0.2) is 0 Å². The highest BCUT2D eigenvalue weighted by molar-refractivity contribution is 9.10. The van der Waals surface area contributed by atoms with Gasteiger partial charge in [-0.15, -0.1) is 0 Å². The van der Waals surface area contributed by atoms with Crippen molar-refractivity contribution in [2.45, 2.75) is 51.6 Å². The van der Waals surface area contributed by atoms with Crippen molar-refractivity contribution in [3.8, 4) is 0 Å². The van der Waals surface area contributed by atoms with Crippen molar-refractivity contribution in [2.75, 3.05) is 7.05 Å². The van der Waals surface area contributed by atoms with E-state index < -0.39 is 0 Å². The number of halogens is 1. The quantitative estimate of drug-likeness (QED) is 0.848. The molecule has 0 atom stereocenters. The molecule has 1 aliphatic carbocycles. The molecule has 0 radical (unpaired) electrons. The minimum absolute atomic E-state index is 0.0106. The van der Waals surface area contributed by atoms with E-state index in [2.05, 4.69) is 15.9 Å². The van der Waals surface area contributed by atoms with Crippen LogP contribution in [0.15, 0.2) is 21.5 Å². The normalized spacial score (nSPS) is 16.1. The molecular weight excluding hydrogens is 320 g/mol. The van der Waals surface area contributed by atoms with Crippen molar-refractivity contribution in [1.29, 1.82) is 0 Å². The first-order valence-corrected chi connectivity index (χ1v) is 7.90. The summed E-state index contributed by atoms with van der Waals surface area (Å²) in [5.41, 5.74) is 0.811. The maximum atomic E-state index is 12.3. The molecule has 2 rings (SSSR count). The molecule has 0 bridgehead atoms. The van der Waals surface area contributed by atoms with Gasteiger partial charge in [-0.25, -0.2) is 0 Å². The Hall–Kier alpha value is -1.10. The number of nitrogens with zero attached hydrogens (tertiary/aromatic N) is 2. The number of aryl methyl sites for hydroxylation is 1. The monoisotopic (exact) mass is 340 g/mol. The van der Waals surface area contributed by atoms with E-state index in [1.807, 2.05) is 18.9 Å². The summed E-state index contributed by atoms with van der Waals surface area (Å²) in [7, 11) is 1.86. The highest BCUT2D eigenvalue weighted by atomic mass is 79.9. The summed E-state index contributed by atoms with van der Waals surface area (Å²) in [4.78, 5) is 26.2. The van der Waals surface area contributed by atoms with Gasteiger partial charge in [0.1, 0.15) is 6.54 Å². The third kappa shape index (κ3) is 3.51. The van der Waals surface area contributed by atoms with Crippen molar-refractivity contribution in [1.82, 2.24) is 9.47 Å². The lowest BCUT2D eigenvalue weighted by Gasteiger charge is -2.31. The second-order valence-corrected chi connectivity index (χ2v) is 6.45. The summed E-state index contributed by atoms with van der Waals surface area (Å²) in [5, 5.41) is 0. The van der Waals surface area contributed by atoms with Crippen LogP contribution in [-0.4, -0.2) is 28.5 Å². The zero-order chi connectivity index (χ0) is 14.7. The molecule has 20 heavy (non-hydrogen) atoms. The lowest BCUT2D eigenvalue weighted by molar-refractivity contribution is -0.133. The molecule has 1 aromatic rings. The SMILES string of the molecule is Cc1cc(Br)c(=O)n(CC(=O)N(C)C2CCCCC2)c1. The number of likely N-dealkylation sites (N-methyl/N-ethyl adjacent to an activating group) is 1. The fourth-order valence-corrected chi connectivity index (χ4v) is 3.38. The standard InChI is InChI=1S/C15H21BrN2O2/c1-11-8-13(16)15(20)18(9-11)10-14(19)17(2)12-6-4-3-5-7-12/h8-9,12H,3-7,10H2,1-2H3. The second kappa shape index (κ2) is 6.57. The van der Waals surface area contributed by atoms with E-state index in [1.54, 1.807) is 12.3 Å². The summed E-state index contributed by atoms with van der Waals surface area (Å²) in [6.45, 7) is 2.03. The van der Waals surface area contributed by atoms with Crippen LogP contribution in [0.2, 0.25) is 0 Å². The molecule has 110 valence electrons. The molecule has 0 N–H and O–H groups in total. The van der Waals surface area contributed by atoms with E-state index in [1.165, 1.54) is 23.8 Å². The molecule has 5 heteroatoms. The van der Waals surface area contributed by atoms with Crippen LogP contribution < -0.4 is 5.56 Å². The van der Waals surface area contributed by atoms with Crippen LogP contribution in [0.25, 0.3) is 0 Å². The van der Waals surface area contributed by atoms with E-state index in [9.17, 15) is 9.59 Å². The zero-order valence-electron chi connectivity index (χ0n) is 12.1. The summed E-state index contributed by atoms with van der Waals surface area (Å²) in [6, 6.07) is 2.11. The Kier molecular flexibility index (Phi) is 5.02. The summed E-state index contributed by atoms with van der Waals surface area (Å²) in [6.07, 6.45) is 7.54. The topological polar surface area (TPSA) is 42.3 Å². The fourth-order valence-electron chi connectivity index (χ4n) is 2.79. The Labute approximate surface area is 127 Å². The summed E-state index contributed by atoms with van der Waals surface area (Å²) in [5.74, 6) is 0.0106. The Balaban J connectivity index is 2.09. The Morgan fingerprint density at radius 1 is 1.40 bits per heavy atom. The minimum Gasteiger partial charge on any atom is -0.341 e. The molecule has 0 aliphatic heterocycles. The lowest BCUT2D eigenvalue weighted by atomic mass is 9.94. The number of aromatic nitrogens is 1. The van der Waals surface area contributed by atoms with Crippen LogP contribution in [-0.2, 0) is 11.3 Å². The first-order chi connectivity index (χ1) is 9.49. The largest absolute Gasteiger partial charge is 0.341 e. The predicted molar refractivity (Wildman–Crippen MR) is 82.8 cm³/mol. The fraction of sp³-hybridized carbons (Fsp3) is 0.600. The Morgan fingerprint density at radius 2 is 2.05 bits per heavy atom. The molecule has 1 saturated carbocycles. The number of hydrogen-bond acceptors (Lipinski definition) is 2. The highest BCUT2D eigenvalue weighted by Crippen LogP contribution is 2.21. The van der Waals surface area contributed by atoms with Gasteiger partial charge < -0.3 is 9.47 Å². The summed E-state index contributed by atoms with van der Waals surface area (Å²) >= 11 is 3.24. The molecule has 1 aromatic heterocycles. The Bertz CT molecular complexity index is 547. The average Bonchev–Trinajstić information content (AvgIpc) is 2.44. The third-order valence-corrected chi connectivity index (χ3v) is 4.57. The molecule has 0 aromatic carbocycles. The van der Waals surface area contributed by atoms with Crippen LogP contribution in [0.1, 0.15) is 37.7 Å². The number of carbonyl (C=O) groups excluding carboxylic acids is 1. The van der Waals surface area contributed by atoms with Gasteiger partial charge in [-0.05, 0) is 47.3 Å². The van der Waals surface area contributed by atoms with Gasteiger partial charge in [0.25, 0.3) is 5.56 Å². The van der Waals surface area contributed by atoms with Gasteiger partial charge >= 0.3 is 0 Å². The number of pyridine rings is 1. The van der Waals surface area contributed by atoms with Crippen LogP contribution in [0, 0.1) is 6.92 Å². The van der Waals surface area contributed by atoms with Gasteiger partial charge in [0.05, 0.1) is 4.47 Å². The van der Waals surface area contributed by atoms with E-state index in [0.29, 0.717) is 10.5 Å². The van der Waals surface area contributed by atoms with Crippen molar-refractivity contribution < 1.29 is 4.79 Å². The molecule has 1 amide bonds. The molecule has 0 spiro atoms. The van der Waals surface area contributed by atoms with E-state index in [-0.39, 0.29) is 18.0 Å². The zero-order valence-corrected chi connectivity index (χ0v) is 13.6. The number of carbonyl (C=O) groups is 1. The van der Waals surface area contributed by atoms with Crippen LogP contribution in [0.4, 0.5) is 0 Å². The lowest BCUT2D eigenvalue weighted by Crippen LogP contribution is -2.41. The molecule has 0 unspecified atom stereocenters. The van der Waals surface area contributed by atoms with E-state index in [4.69, 9.17) is 0 Å². The number of hydrogen-bond donors (Lipinski definition) is 0. The molecule has 0 saturated heterocycles. The predicted octanol–water partition coefficient (Wildman–Crippen LogP) is 2.71. The van der Waals surface area contributed by atoms with E-state index in [0.717, 1.165) is 18.4 Å². The van der Waals surface area contributed by atoms with Crippen molar-refractivity contribution in [2.24, 2.45) is 0 Å². The average molecular weight is 341 g/mol. The molecule has 4 nitrogen and oxygen atoms in total. The first-order valence-electron chi connectivity index (χ1n) is 7.11. The number of rotatable bonds is 3.